The molecule has 1 heterocycles. The number of nitrogens with two attached hydrogens (primary N) is 1. The van der Waals surface area contributed by atoms with Crippen LogP contribution in [0.1, 0.15) is 32.6 Å². The van der Waals surface area contributed by atoms with Gasteiger partial charge in [0.25, 0.3) is 0 Å². The van der Waals surface area contributed by atoms with E-state index in [9.17, 15) is 8.42 Å². The Labute approximate surface area is 114 Å². The van der Waals surface area contributed by atoms with Gasteiger partial charge in [0, 0.05) is 19.3 Å². The molecule has 1 aliphatic rings. The highest BCUT2D eigenvalue weighted by molar-refractivity contribution is 7.89. The molecular weight excluding hydrogens is 264 g/mol. The van der Waals surface area contributed by atoms with Gasteiger partial charge in [-0.15, -0.1) is 0 Å². The predicted octanol–water partition coefficient (Wildman–Crippen LogP) is 0.700. The first kappa shape index (κ1) is 14.5. The van der Waals surface area contributed by atoms with Gasteiger partial charge < -0.3 is 5.73 Å². The Morgan fingerprint density at radius 1 is 1.53 bits per heavy atom. The fourth-order valence-electron chi connectivity index (χ4n) is 2.02. The molecular formula is C12H22N4O2S. The van der Waals surface area contributed by atoms with E-state index in [0.717, 1.165) is 25.7 Å². The number of aromatic nitrogens is 2. The summed E-state index contributed by atoms with van der Waals surface area (Å²) in [5.41, 5.74) is 5.61. The summed E-state index contributed by atoms with van der Waals surface area (Å²) in [6, 6.07) is 0. The van der Waals surface area contributed by atoms with Gasteiger partial charge in [-0.05, 0) is 37.6 Å². The molecule has 1 aromatic heterocycles. The zero-order valence-electron chi connectivity index (χ0n) is 11.3. The Balaban J connectivity index is 1.97. The Kier molecular flexibility index (Phi) is 4.27. The summed E-state index contributed by atoms with van der Waals surface area (Å²) in [6.45, 7) is 3.84. The number of aryl methyl sites for hydroxylation is 1. The molecule has 1 saturated carbocycles. The molecule has 7 heteroatoms. The van der Waals surface area contributed by atoms with E-state index in [2.05, 4.69) is 16.7 Å². The topological polar surface area (TPSA) is 90.0 Å². The summed E-state index contributed by atoms with van der Waals surface area (Å²) >= 11 is 0. The van der Waals surface area contributed by atoms with Crippen LogP contribution in [0.5, 0.6) is 0 Å². The second-order valence-electron chi connectivity index (χ2n) is 5.26. The molecule has 1 fully saturated rings. The molecule has 0 radical (unpaired) electrons. The molecule has 0 aliphatic heterocycles. The molecule has 2 rings (SSSR count). The van der Waals surface area contributed by atoms with Crippen LogP contribution >= 0.6 is 0 Å². The molecule has 0 atom stereocenters. The fraction of sp³-hybridized carbons (Fsp3) is 0.750. The Morgan fingerprint density at radius 2 is 2.26 bits per heavy atom. The summed E-state index contributed by atoms with van der Waals surface area (Å²) in [5, 5.41) is 4.04. The molecule has 0 saturated heterocycles. The van der Waals surface area contributed by atoms with E-state index < -0.39 is 10.0 Å². The highest BCUT2D eigenvalue weighted by Gasteiger charge is 2.41. The van der Waals surface area contributed by atoms with Gasteiger partial charge >= 0.3 is 0 Å². The van der Waals surface area contributed by atoms with Crippen molar-refractivity contribution < 1.29 is 8.42 Å². The highest BCUT2D eigenvalue weighted by atomic mass is 32.2. The third-order valence-electron chi connectivity index (χ3n) is 3.86. The van der Waals surface area contributed by atoms with Gasteiger partial charge in [0.1, 0.15) is 4.90 Å². The molecule has 6 nitrogen and oxygen atoms in total. The van der Waals surface area contributed by atoms with Crippen LogP contribution < -0.4 is 10.5 Å². The number of hydrogen-bond donors (Lipinski definition) is 2. The summed E-state index contributed by atoms with van der Waals surface area (Å²) < 4.78 is 28.6. The van der Waals surface area contributed by atoms with Gasteiger partial charge in [-0.25, -0.2) is 13.1 Å². The van der Waals surface area contributed by atoms with Crippen molar-refractivity contribution in [2.24, 2.45) is 11.1 Å². The lowest BCUT2D eigenvalue weighted by molar-refractivity contribution is 0.475. The minimum Gasteiger partial charge on any atom is -0.330 e. The quantitative estimate of drug-likeness (QED) is 0.736. The minimum absolute atomic E-state index is 0.197. The predicted molar refractivity (Wildman–Crippen MR) is 73.0 cm³/mol. The summed E-state index contributed by atoms with van der Waals surface area (Å²) in [5.74, 6) is 0. The van der Waals surface area contributed by atoms with Gasteiger partial charge in [0.05, 0.1) is 6.20 Å². The Bertz CT molecular complexity index is 520. The van der Waals surface area contributed by atoms with Crippen LogP contribution in [0.2, 0.25) is 0 Å². The Hall–Kier alpha value is -0.920. The van der Waals surface area contributed by atoms with Crippen molar-refractivity contribution in [2.75, 3.05) is 13.1 Å². The van der Waals surface area contributed by atoms with Gasteiger partial charge in [0.2, 0.25) is 10.0 Å². The van der Waals surface area contributed by atoms with Crippen molar-refractivity contribution >= 4 is 10.0 Å². The molecule has 0 spiro atoms. The number of nitrogens with zero attached hydrogens (tertiary/aromatic N) is 2. The summed E-state index contributed by atoms with van der Waals surface area (Å²) in [6.07, 6.45) is 6.98. The van der Waals surface area contributed by atoms with Crippen molar-refractivity contribution in [3.8, 4) is 0 Å². The normalized spacial score (nSPS) is 17.6. The summed E-state index contributed by atoms with van der Waals surface area (Å²) in [4.78, 5) is 0.233. The number of hydrogen-bond acceptors (Lipinski definition) is 4. The molecule has 19 heavy (non-hydrogen) atoms. The molecule has 108 valence electrons. The van der Waals surface area contributed by atoms with Crippen molar-refractivity contribution in [1.29, 1.82) is 0 Å². The van der Waals surface area contributed by atoms with E-state index in [0.29, 0.717) is 19.6 Å². The molecule has 0 amide bonds. The molecule has 1 aromatic rings. The van der Waals surface area contributed by atoms with E-state index in [1.807, 2.05) is 0 Å². The average Bonchev–Trinajstić information content (AvgIpc) is 3.03. The third kappa shape index (κ3) is 3.55. The minimum atomic E-state index is -3.43. The van der Waals surface area contributed by atoms with Gasteiger partial charge in [-0.2, -0.15) is 5.10 Å². The van der Waals surface area contributed by atoms with Gasteiger partial charge in [0.15, 0.2) is 0 Å². The largest absolute Gasteiger partial charge is 0.330 e. The zero-order valence-corrected chi connectivity index (χ0v) is 12.1. The van der Waals surface area contributed by atoms with E-state index in [1.54, 1.807) is 10.9 Å². The van der Waals surface area contributed by atoms with E-state index in [-0.39, 0.29) is 10.3 Å². The molecule has 1 aliphatic carbocycles. The summed E-state index contributed by atoms with van der Waals surface area (Å²) in [7, 11) is -3.43. The lowest BCUT2D eigenvalue weighted by Crippen LogP contribution is -2.29. The van der Waals surface area contributed by atoms with Gasteiger partial charge in [-0.3, -0.25) is 4.68 Å². The smallest absolute Gasteiger partial charge is 0.243 e. The van der Waals surface area contributed by atoms with Crippen LogP contribution in [0.25, 0.3) is 0 Å². The van der Waals surface area contributed by atoms with Crippen molar-refractivity contribution in [1.82, 2.24) is 14.5 Å². The third-order valence-corrected chi connectivity index (χ3v) is 5.21. The van der Waals surface area contributed by atoms with Crippen LogP contribution in [-0.4, -0.2) is 31.3 Å². The lowest BCUT2D eigenvalue weighted by Gasteiger charge is -2.12. The van der Waals surface area contributed by atoms with Gasteiger partial charge in [-0.1, -0.05) is 6.92 Å². The van der Waals surface area contributed by atoms with E-state index >= 15 is 0 Å². The first-order chi connectivity index (χ1) is 9.01. The van der Waals surface area contributed by atoms with Crippen molar-refractivity contribution in [3.63, 3.8) is 0 Å². The van der Waals surface area contributed by atoms with Crippen LogP contribution in [0.4, 0.5) is 0 Å². The number of sulfonamides is 1. The molecule has 0 aromatic carbocycles. The molecule has 0 unspecified atom stereocenters. The van der Waals surface area contributed by atoms with Crippen molar-refractivity contribution in [2.45, 2.75) is 44.0 Å². The monoisotopic (exact) mass is 286 g/mol. The van der Waals surface area contributed by atoms with Crippen LogP contribution in [0, 0.1) is 5.41 Å². The first-order valence-electron chi connectivity index (χ1n) is 6.73. The standard InChI is InChI=1S/C12H22N4O2S/c1-2-12(4-5-12)10-15-19(17,18)11-8-14-16(9-11)7-3-6-13/h8-9,15H,2-7,10,13H2,1H3. The maximum absolute atomic E-state index is 12.1. The highest BCUT2D eigenvalue weighted by Crippen LogP contribution is 2.48. The Morgan fingerprint density at radius 3 is 2.84 bits per heavy atom. The lowest BCUT2D eigenvalue weighted by atomic mass is 10.1. The second kappa shape index (κ2) is 5.60. The van der Waals surface area contributed by atoms with Crippen LogP contribution in [0.3, 0.4) is 0 Å². The number of nitrogens with one attached hydrogen (secondary N) is 1. The average molecular weight is 286 g/mol. The van der Waals surface area contributed by atoms with Crippen LogP contribution in [0.15, 0.2) is 17.3 Å². The molecule has 3 N–H and O–H groups in total. The van der Waals surface area contributed by atoms with E-state index in [4.69, 9.17) is 5.73 Å². The number of rotatable bonds is 8. The fourth-order valence-corrected chi connectivity index (χ4v) is 3.13. The maximum Gasteiger partial charge on any atom is 0.243 e. The zero-order chi connectivity index (χ0) is 13.9. The van der Waals surface area contributed by atoms with E-state index in [1.165, 1.54) is 6.20 Å². The van der Waals surface area contributed by atoms with Crippen molar-refractivity contribution in [3.05, 3.63) is 12.4 Å². The van der Waals surface area contributed by atoms with Crippen LogP contribution in [-0.2, 0) is 16.6 Å². The second-order valence-corrected chi connectivity index (χ2v) is 7.03. The molecule has 0 bridgehead atoms. The first-order valence-corrected chi connectivity index (χ1v) is 8.22. The SMILES string of the molecule is CCC1(CNS(=O)(=O)c2cnn(CCCN)c2)CC1. The maximum atomic E-state index is 12.1.